The van der Waals surface area contributed by atoms with Gasteiger partial charge in [0.1, 0.15) is 6.33 Å². The molecule has 0 N–H and O–H groups in total. The summed E-state index contributed by atoms with van der Waals surface area (Å²) in [6.07, 6.45) is 4.68. The van der Waals surface area contributed by atoms with Gasteiger partial charge in [-0.05, 0) is 52.1 Å². The Hall–Kier alpha value is -2.44. The topological polar surface area (TPSA) is 51.0 Å². The molecule has 0 fully saturated rings. The van der Waals surface area contributed by atoms with Gasteiger partial charge in [-0.15, -0.1) is 0 Å². The van der Waals surface area contributed by atoms with E-state index >= 15 is 0 Å². The average molecular weight is 385 g/mol. The van der Waals surface area contributed by atoms with Gasteiger partial charge in [-0.1, -0.05) is 29.8 Å². The molecule has 0 saturated carbocycles. The molecule has 0 spiro atoms. The molecule has 3 aromatic rings. The third-order valence-corrected chi connectivity index (χ3v) is 5.34. The molecule has 0 aliphatic carbocycles. The first kappa shape index (κ1) is 17.0. The van der Waals surface area contributed by atoms with Gasteiger partial charge in [0.15, 0.2) is 0 Å². The van der Waals surface area contributed by atoms with Crippen molar-refractivity contribution in [1.29, 1.82) is 0 Å². The van der Waals surface area contributed by atoms with Gasteiger partial charge in [0, 0.05) is 18.1 Å². The second-order valence-corrected chi connectivity index (χ2v) is 7.35. The number of anilines is 1. The monoisotopic (exact) mass is 384 g/mol. The highest BCUT2D eigenvalue weighted by atomic mass is 35.5. The molecule has 0 atom stereocenters. The molecule has 0 unspecified atom stereocenters. The summed E-state index contributed by atoms with van der Waals surface area (Å²) < 4.78 is 1.50. The first-order valence-corrected chi connectivity index (χ1v) is 9.65. The lowest BCUT2D eigenvalue weighted by Crippen LogP contribution is -2.33. The number of nitrogens with zero attached hydrogens (tertiary/aromatic N) is 4. The zero-order valence-electron chi connectivity index (χ0n) is 14.0. The van der Waals surface area contributed by atoms with Crippen LogP contribution in [0.1, 0.15) is 17.5 Å². The van der Waals surface area contributed by atoms with Gasteiger partial charge in [0.25, 0.3) is 0 Å². The molecule has 5 nitrogen and oxygen atoms in total. The zero-order valence-corrected chi connectivity index (χ0v) is 15.6. The summed E-state index contributed by atoms with van der Waals surface area (Å²) in [6.45, 7) is 1.95. The number of halogens is 1. The van der Waals surface area contributed by atoms with Crippen molar-refractivity contribution in [1.82, 2.24) is 14.5 Å². The van der Waals surface area contributed by atoms with E-state index in [0.717, 1.165) is 18.5 Å². The van der Waals surface area contributed by atoms with Crippen LogP contribution in [0.25, 0.3) is 5.57 Å². The van der Waals surface area contributed by atoms with Crippen molar-refractivity contribution < 1.29 is 0 Å². The van der Waals surface area contributed by atoms with Gasteiger partial charge in [0.05, 0.1) is 6.54 Å². The fraction of sp³-hybridized carbons (Fsp3) is 0.211. The second-order valence-electron chi connectivity index (χ2n) is 6.13. The normalized spacial score (nSPS) is 14.3. The van der Waals surface area contributed by atoms with Crippen LogP contribution in [0, 0.1) is 0 Å². The number of benzene rings is 1. The number of hydrogen-bond acceptors (Lipinski definition) is 5. The lowest BCUT2D eigenvalue weighted by atomic mass is 10.0. The molecular formula is C19H17ClN4OS. The van der Waals surface area contributed by atoms with Crippen LogP contribution in [0.5, 0.6) is 0 Å². The third kappa shape index (κ3) is 3.71. The van der Waals surface area contributed by atoms with Gasteiger partial charge in [-0.2, -0.15) is 16.3 Å². The van der Waals surface area contributed by atoms with Crippen molar-refractivity contribution in [3.63, 3.8) is 0 Å². The Morgan fingerprint density at radius 1 is 1.19 bits per heavy atom. The molecule has 7 heteroatoms. The highest BCUT2D eigenvalue weighted by Crippen LogP contribution is 2.25. The molecule has 4 rings (SSSR count). The highest BCUT2D eigenvalue weighted by molar-refractivity contribution is 7.08. The maximum Gasteiger partial charge on any atom is 0.352 e. The molecule has 1 aliphatic rings. The molecule has 3 heterocycles. The Morgan fingerprint density at radius 3 is 2.69 bits per heavy atom. The SMILES string of the molecule is O=c1nc(N2CC=C(c3ccsc3)CC2)ncn1Cc1ccc(Cl)cc1. The molecule has 1 aromatic carbocycles. The van der Waals surface area contributed by atoms with Crippen molar-refractivity contribution in [2.75, 3.05) is 18.0 Å². The molecule has 26 heavy (non-hydrogen) atoms. The summed E-state index contributed by atoms with van der Waals surface area (Å²) in [5, 5.41) is 4.93. The summed E-state index contributed by atoms with van der Waals surface area (Å²) in [4.78, 5) is 22.9. The summed E-state index contributed by atoms with van der Waals surface area (Å²) >= 11 is 7.60. The third-order valence-electron chi connectivity index (χ3n) is 4.40. The molecular weight excluding hydrogens is 368 g/mol. The van der Waals surface area contributed by atoms with Gasteiger partial charge in [0.2, 0.25) is 5.95 Å². The minimum absolute atomic E-state index is 0.294. The quantitative estimate of drug-likeness (QED) is 0.688. The van der Waals surface area contributed by atoms with Crippen LogP contribution in [-0.4, -0.2) is 27.6 Å². The Labute approximate surface area is 160 Å². The smallest absolute Gasteiger partial charge is 0.337 e. The predicted molar refractivity (Wildman–Crippen MR) is 106 cm³/mol. The van der Waals surface area contributed by atoms with Crippen LogP contribution in [-0.2, 0) is 6.54 Å². The van der Waals surface area contributed by atoms with E-state index in [1.165, 1.54) is 15.7 Å². The summed E-state index contributed by atoms with van der Waals surface area (Å²) in [5.41, 5.74) is 3.32. The molecule has 132 valence electrons. The summed E-state index contributed by atoms with van der Waals surface area (Å²) in [7, 11) is 0. The van der Waals surface area contributed by atoms with Crippen LogP contribution in [0.2, 0.25) is 5.02 Å². The lowest BCUT2D eigenvalue weighted by molar-refractivity contribution is 0.682. The minimum Gasteiger partial charge on any atom is -0.337 e. The van der Waals surface area contributed by atoms with Gasteiger partial charge in [-0.3, -0.25) is 4.57 Å². The molecule has 1 aliphatic heterocycles. The van der Waals surface area contributed by atoms with E-state index in [1.807, 2.05) is 29.2 Å². The number of rotatable bonds is 4. The van der Waals surface area contributed by atoms with E-state index < -0.39 is 0 Å². The standard InChI is InChI=1S/C19H17ClN4OS/c20-17-3-1-14(2-4-17)11-24-13-21-18(22-19(24)25)23-8-5-15(6-9-23)16-7-10-26-12-16/h1-5,7,10,12-13H,6,8-9,11H2. The van der Waals surface area contributed by atoms with Crippen molar-refractivity contribution in [3.8, 4) is 0 Å². The van der Waals surface area contributed by atoms with Crippen LogP contribution in [0.15, 0.2) is 58.3 Å². The van der Waals surface area contributed by atoms with Crippen molar-refractivity contribution in [2.24, 2.45) is 0 Å². The van der Waals surface area contributed by atoms with E-state index in [2.05, 4.69) is 32.9 Å². The van der Waals surface area contributed by atoms with E-state index in [9.17, 15) is 4.79 Å². The number of aromatic nitrogens is 3. The van der Waals surface area contributed by atoms with E-state index in [-0.39, 0.29) is 5.69 Å². The molecule has 2 aromatic heterocycles. The molecule has 0 amide bonds. The van der Waals surface area contributed by atoms with Gasteiger partial charge >= 0.3 is 5.69 Å². The number of hydrogen-bond donors (Lipinski definition) is 0. The van der Waals surface area contributed by atoms with Crippen molar-refractivity contribution in [3.05, 3.63) is 80.1 Å². The van der Waals surface area contributed by atoms with Crippen LogP contribution in [0.4, 0.5) is 5.95 Å². The van der Waals surface area contributed by atoms with Crippen molar-refractivity contribution in [2.45, 2.75) is 13.0 Å². The predicted octanol–water partition coefficient (Wildman–Crippen LogP) is 3.70. The summed E-state index contributed by atoms with van der Waals surface area (Å²) in [5.74, 6) is 0.489. The van der Waals surface area contributed by atoms with Gasteiger partial charge in [-0.25, -0.2) is 9.78 Å². The van der Waals surface area contributed by atoms with E-state index in [0.29, 0.717) is 24.1 Å². The minimum atomic E-state index is -0.294. The first-order valence-electron chi connectivity index (χ1n) is 8.33. The second kappa shape index (κ2) is 7.43. The maximum absolute atomic E-state index is 12.4. The summed E-state index contributed by atoms with van der Waals surface area (Å²) in [6, 6.07) is 9.54. The Balaban J connectivity index is 1.48. The lowest BCUT2D eigenvalue weighted by Gasteiger charge is -2.26. The van der Waals surface area contributed by atoms with Crippen molar-refractivity contribution >= 4 is 34.5 Å². The van der Waals surface area contributed by atoms with E-state index in [1.54, 1.807) is 17.7 Å². The zero-order chi connectivity index (χ0) is 17.9. The first-order chi connectivity index (χ1) is 12.7. The number of thiophene rings is 1. The Morgan fingerprint density at radius 2 is 2.04 bits per heavy atom. The largest absolute Gasteiger partial charge is 0.352 e. The highest BCUT2D eigenvalue weighted by Gasteiger charge is 2.16. The van der Waals surface area contributed by atoms with E-state index in [4.69, 9.17) is 11.6 Å². The fourth-order valence-corrected chi connectivity index (χ4v) is 3.76. The Kier molecular flexibility index (Phi) is 4.86. The van der Waals surface area contributed by atoms with Crippen LogP contribution in [0.3, 0.4) is 0 Å². The fourth-order valence-electron chi connectivity index (χ4n) is 2.96. The molecule has 0 saturated heterocycles. The van der Waals surface area contributed by atoms with Crippen LogP contribution < -0.4 is 10.6 Å². The van der Waals surface area contributed by atoms with Gasteiger partial charge < -0.3 is 4.90 Å². The molecule has 0 radical (unpaired) electrons. The Bertz CT molecular complexity index is 980. The maximum atomic E-state index is 12.4. The average Bonchev–Trinajstić information content (AvgIpc) is 3.20. The molecule has 0 bridgehead atoms. The van der Waals surface area contributed by atoms with Crippen LogP contribution >= 0.6 is 22.9 Å².